The molecular formula is C16H23N3O. The lowest BCUT2D eigenvalue weighted by Crippen LogP contribution is -2.42. The van der Waals surface area contributed by atoms with E-state index in [1.165, 1.54) is 18.4 Å². The number of nitrogens with zero attached hydrogens (tertiary/aromatic N) is 2. The van der Waals surface area contributed by atoms with Gasteiger partial charge in [0.1, 0.15) is 5.82 Å². The largest absolute Gasteiger partial charge is 0.380 e. The molecule has 0 aliphatic heterocycles. The van der Waals surface area contributed by atoms with Crippen LogP contribution in [0, 0.1) is 5.92 Å². The fraction of sp³-hybridized carbons (Fsp3) is 0.562. The summed E-state index contributed by atoms with van der Waals surface area (Å²) >= 11 is 0. The molecule has 3 rings (SSSR count). The van der Waals surface area contributed by atoms with Gasteiger partial charge < -0.3 is 14.6 Å². The molecule has 1 N–H and O–H groups in total. The van der Waals surface area contributed by atoms with E-state index in [1.807, 2.05) is 20.2 Å². The van der Waals surface area contributed by atoms with Crippen molar-refractivity contribution in [3.05, 3.63) is 30.1 Å². The smallest absolute Gasteiger partial charge is 0.111 e. The number of methoxy groups -OCH3 is 1. The molecule has 4 heteroatoms. The predicted octanol–water partition coefficient (Wildman–Crippen LogP) is 2.13. The van der Waals surface area contributed by atoms with E-state index in [-0.39, 0.29) is 0 Å². The number of rotatable bonds is 6. The molecule has 2 atom stereocenters. The Morgan fingerprint density at radius 2 is 2.15 bits per heavy atom. The van der Waals surface area contributed by atoms with Crippen molar-refractivity contribution in [3.8, 4) is 0 Å². The zero-order chi connectivity index (χ0) is 14.1. The van der Waals surface area contributed by atoms with Crippen molar-refractivity contribution in [2.45, 2.75) is 31.4 Å². The molecule has 1 saturated carbocycles. The molecule has 0 bridgehead atoms. The first-order valence-electron chi connectivity index (χ1n) is 7.35. The molecule has 0 saturated heterocycles. The highest BCUT2D eigenvalue weighted by molar-refractivity contribution is 5.75. The zero-order valence-corrected chi connectivity index (χ0v) is 12.5. The van der Waals surface area contributed by atoms with Crippen LogP contribution < -0.4 is 5.32 Å². The first-order chi connectivity index (χ1) is 9.74. The third-order valence-corrected chi connectivity index (χ3v) is 4.41. The van der Waals surface area contributed by atoms with Gasteiger partial charge in [0.05, 0.1) is 17.1 Å². The second kappa shape index (κ2) is 5.54. The van der Waals surface area contributed by atoms with Crippen LogP contribution in [-0.4, -0.2) is 35.9 Å². The molecule has 2 aromatic rings. The highest BCUT2D eigenvalue weighted by Gasteiger charge is 2.36. The van der Waals surface area contributed by atoms with Crippen molar-refractivity contribution in [2.75, 3.05) is 14.2 Å². The van der Waals surface area contributed by atoms with E-state index in [0.29, 0.717) is 18.1 Å². The monoisotopic (exact) mass is 273 g/mol. The lowest BCUT2D eigenvalue weighted by atomic mass is 10.0. The number of aromatic nitrogens is 2. The Kier molecular flexibility index (Phi) is 3.76. The molecule has 1 fully saturated rings. The van der Waals surface area contributed by atoms with Crippen molar-refractivity contribution >= 4 is 11.0 Å². The summed E-state index contributed by atoms with van der Waals surface area (Å²) in [6.07, 6.45) is 3.77. The lowest BCUT2D eigenvalue weighted by Gasteiger charge is -2.25. The summed E-state index contributed by atoms with van der Waals surface area (Å²) in [4.78, 5) is 4.76. The zero-order valence-electron chi connectivity index (χ0n) is 12.5. The molecule has 20 heavy (non-hydrogen) atoms. The van der Waals surface area contributed by atoms with Gasteiger partial charge in [-0.1, -0.05) is 12.1 Å². The first-order valence-corrected chi connectivity index (χ1v) is 7.35. The molecule has 2 unspecified atom stereocenters. The number of benzene rings is 1. The Labute approximate surface area is 120 Å². The van der Waals surface area contributed by atoms with Gasteiger partial charge in [0.2, 0.25) is 0 Å². The van der Waals surface area contributed by atoms with Crippen LogP contribution in [0.3, 0.4) is 0 Å². The number of fused-ring (bicyclic) bond motifs is 1. The molecule has 4 nitrogen and oxygen atoms in total. The maximum Gasteiger partial charge on any atom is 0.111 e. The molecule has 1 aromatic heterocycles. The summed E-state index contributed by atoms with van der Waals surface area (Å²) in [7, 11) is 5.93. The molecule has 0 amide bonds. The van der Waals surface area contributed by atoms with Gasteiger partial charge in [-0.2, -0.15) is 0 Å². The molecule has 1 aromatic carbocycles. The third-order valence-electron chi connectivity index (χ3n) is 4.41. The van der Waals surface area contributed by atoms with Gasteiger partial charge in [-0.15, -0.1) is 0 Å². The SMILES string of the molecule is CNC(Cc1nc2ccccc2n1C)C(OC)C1CC1. The first kappa shape index (κ1) is 13.6. The Bertz CT molecular complexity index is 588. The molecule has 0 radical (unpaired) electrons. The Balaban J connectivity index is 1.85. The second-order valence-electron chi connectivity index (χ2n) is 5.71. The van der Waals surface area contributed by atoms with Crippen LogP contribution in [0.1, 0.15) is 18.7 Å². The summed E-state index contributed by atoms with van der Waals surface area (Å²) in [5.74, 6) is 1.83. The van der Waals surface area contributed by atoms with Crippen molar-refractivity contribution in [3.63, 3.8) is 0 Å². The van der Waals surface area contributed by atoms with Crippen LogP contribution in [0.25, 0.3) is 11.0 Å². The second-order valence-corrected chi connectivity index (χ2v) is 5.71. The minimum atomic E-state index is 0.291. The summed E-state index contributed by atoms with van der Waals surface area (Å²) in [6, 6.07) is 8.61. The van der Waals surface area contributed by atoms with E-state index >= 15 is 0 Å². The fourth-order valence-electron chi connectivity index (χ4n) is 3.07. The molecule has 0 spiro atoms. The average molecular weight is 273 g/mol. The van der Waals surface area contributed by atoms with Gasteiger partial charge in [0.15, 0.2) is 0 Å². The van der Waals surface area contributed by atoms with Crippen LogP contribution in [0.4, 0.5) is 0 Å². The number of nitrogens with one attached hydrogen (secondary N) is 1. The van der Waals surface area contributed by atoms with E-state index < -0.39 is 0 Å². The van der Waals surface area contributed by atoms with E-state index in [1.54, 1.807) is 0 Å². The molecular weight excluding hydrogens is 250 g/mol. The van der Waals surface area contributed by atoms with E-state index in [0.717, 1.165) is 17.8 Å². The van der Waals surface area contributed by atoms with Gasteiger partial charge in [-0.3, -0.25) is 0 Å². The highest BCUT2D eigenvalue weighted by Crippen LogP contribution is 2.36. The summed E-state index contributed by atoms with van der Waals surface area (Å²) < 4.78 is 7.91. The van der Waals surface area contributed by atoms with Gasteiger partial charge in [-0.25, -0.2) is 4.98 Å². The maximum absolute atomic E-state index is 5.71. The number of likely N-dealkylation sites (N-methyl/N-ethyl adjacent to an activating group) is 1. The van der Waals surface area contributed by atoms with Gasteiger partial charge >= 0.3 is 0 Å². The Hall–Kier alpha value is -1.39. The van der Waals surface area contributed by atoms with Crippen LogP contribution in [0.15, 0.2) is 24.3 Å². The lowest BCUT2D eigenvalue weighted by molar-refractivity contribution is 0.0527. The number of imidazole rings is 1. The van der Waals surface area contributed by atoms with Gasteiger partial charge in [0.25, 0.3) is 0 Å². The Morgan fingerprint density at radius 3 is 2.75 bits per heavy atom. The maximum atomic E-state index is 5.71. The van der Waals surface area contributed by atoms with Crippen molar-refractivity contribution in [2.24, 2.45) is 13.0 Å². The van der Waals surface area contributed by atoms with E-state index in [4.69, 9.17) is 9.72 Å². The van der Waals surface area contributed by atoms with Crippen LogP contribution >= 0.6 is 0 Å². The quantitative estimate of drug-likeness (QED) is 0.876. The van der Waals surface area contributed by atoms with Crippen molar-refractivity contribution in [1.82, 2.24) is 14.9 Å². The van der Waals surface area contributed by atoms with Gasteiger partial charge in [0, 0.05) is 26.6 Å². The Morgan fingerprint density at radius 1 is 1.40 bits per heavy atom. The van der Waals surface area contributed by atoms with Crippen molar-refractivity contribution in [1.29, 1.82) is 0 Å². The number of hydrogen-bond donors (Lipinski definition) is 1. The number of hydrogen-bond acceptors (Lipinski definition) is 3. The van der Waals surface area contributed by atoms with E-state index in [9.17, 15) is 0 Å². The average Bonchev–Trinajstić information content (AvgIpc) is 3.25. The van der Waals surface area contributed by atoms with Crippen LogP contribution in [0.2, 0.25) is 0 Å². The standard InChI is InChI=1S/C16H23N3O/c1-17-13(16(20-3)11-8-9-11)10-15-18-12-6-4-5-7-14(12)19(15)2/h4-7,11,13,16-17H,8-10H2,1-3H3. The highest BCUT2D eigenvalue weighted by atomic mass is 16.5. The number of aryl methyl sites for hydroxylation is 1. The molecule has 1 heterocycles. The van der Waals surface area contributed by atoms with Gasteiger partial charge in [-0.05, 0) is 37.9 Å². The van der Waals surface area contributed by atoms with Crippen LogP contribution in [-0.2, 0) is 18.2 Å². The summed E-state index contributed by atoms with van der Waals surface area (Å²) in [6.45, 7) is 0. The van der Waals surface area contributed by atoms with Crippen LogP contribution in [0.5, 0.6) is 0 Å². The van der Waals surface area contributed by atoms with Crippen molar-refractivity contribution < 1.29 is 4.74 Å². The fourth-order valence-corrected chi connectivity index (χ4v) is 3.07. The summed E-state index contributed by atoms with van der Waals surface area (Å²) in [5.41, 5.74) is 2.26. The molecule has 1 aliphatic carbocycles. The minimum absolute atomic E-state index is 0.291. The third kappa shape index (κ3) is 2.45. The van der Waals surface area contributed by atoms with E-state index in [2.05, 4.69) is 35.1 Å². The molecule has 1 aliphatic rings. The topological polar surface area (TPSA) is 39.1 Å². The number of para-hydroxylation sites is 2. The predicted molar refractivity (Wildman–Crippen MR) is 80.8 cm³/mol. The summed E-state index contributed by atoms with van der Waals surface area (Å²) in [5, 5.41) is 3.42. The molecule has 108 valence electrons. The number of ether oxygens (including phenoxy) is 1. The minimum Gasteiger partial charge on any atom is -0.380 e. The normalized spacial score (nSPS) is 18.4.